The third-order valence-electron chi connectivity index (χ3n) is 3.98. The lowest BCUT2D eigenvalue weighted by molar-refractivity contribution is 0.0745. The van der Waals surface area contributed by atoms with E-state index in [0.29, 0.717) is 6.54 Å². The van der Waals surface area contributed by atoms with Gasteiger partial charge in [-0.15, -0.1) is 0 Å². The van der Waals surface area contributed by atoms with E-state index in [1.165, 1.54) is 0 Å². The van der Waals surface area contributed by atoms with Gasteiger partial charge in [0.25, 0.3) is 5.91 Å². The molecule has 0 unspecified atom stereocenters. The fraction of sp³-hybridized carbons (Fsp3) is 0.353. The van der Waals surface area contributed by atoms with Crippen LogP contribution >= 0.6 is 0 Å². The average Bonchev–Trinajstić information content (AvgIpc) is 2.83. The fourth-order valence-electron chi connectivity index (χ4n) is 2.79. The summed E-state index contributed by atoms with van der Waals surface area (Å²) in [7, 11) is 1.63. The molecule has 21 heavy (non-hydrogen) atoms. The first-order chi connectivity index (χ1) is 10.2. The number of amides is 1. The molecule has 4 nitrogen and oxygen atoms in total. The number of benzene rings is 1. The highest BCUT2D eigenvalue weighted by Gasteiger charge is 2.22. The number of hydrogen-bond acceptors (Lipinski definition) is 3. The van der Waals surface area contributed by atoms with Crippen molar-refractivity contribution in [3.63, 3.8) is 0 Å². The van der Waals surface area contributed by atoms with Crippen LogP contribution in [0.4, 0.5) is 0 Å². The number of methoxy groups -OCH3 is 1. The summed E-state index contributed by atoms with van der Waals surface area (Å²) in [5, 5.41) is 0. The van der Waals surface area contributed by atoms with Gasteiger partial charge in [0.05, 0.1) is 13.4 Å². The van der Waals surface area contributed by atoms with Crippen LogP contribution in [0, 0.1) is 6.92 Å². The van der Waals surface area contributed by atoms with Crippen LogP contribution in [0.25, 0.3) is 0 Å². The number of hydrogen-bond donors (Lipinski definition) is 0. The van der Waals surface area contributed by atoms with Gasteiger partial charge < -0.3 is 14.1 Å². The molecule has 0 saturated heterocycles. The molecule has 1 aromatic carbocycles. The summed E-state index contributed by atoms with van der Waals surface area (Å²) < 4.78 is 10.7. The van der Waals surface area contributed by atoms with E-state index >= 15 is 0 Å². The van der Waals surface area contributed by atoms with E-state index in [-0.39, 0.29) is 5.91 Å². The van der Waals surface area contributed by atoms with Crippen molar-refractivity contribution in [1.29, 1.82) is 0 Å². The molecule has 0 bridgehead atoms. The standard InChI is InChI=1S/C17H19NO3/c1-12-10-14(20-2)5-6-15(12)17(19)18-8-3-4-16-13(11-18)7-9-21-16/h5-7,9-10H,3-4,8,11H2,1-2H3. The minimum absolute atomic E-state index is 0.0733. The van der Waals surface area contributed by atoms with Crippen LogP contribution in [0.2, 0.25) is 0 Å². The van der Waals surface area contributed by atoms with E-state index in [1.54, 1.807) is 13.4 Å². The van der Waals surface area contributed by atoms with Gasteiger partial charge in [0, 0.05) is 30.6 Å². The number of aryl methyl sites for hydroxylation is 2. The van der Waals surface area contributed by atoms with Crippen molar-refractivity contribution in [1.82, 2.24) is 4.90 Å². The monoisotopic (exact) mass is 285 g/mol. The Hall–Kier alpha value is -2.23. The van der Waals surface area contributed by atoms with Crippen LogP contribution < -0.4 is 4.74 Å². The summed E-state index contributed by atoms with van der Waals surface area (Å²) in [5.41, 5.74) is 2.80. The number of carbonyl (C=O) groups excluding carboxylic acids is 1. The molecule has 0 N–H and O–H groups in total. The average molecular weight is 285 g/mol. The van der Waals surface area contributed by atoms with Gasteiger partial charge in [-0.2, -0.15) is 0 Å². The molecule has 0 saturated carbocycles. The van der Waals surface area contributed by atoms with E-state index in [9.17, 15) is 4.79 Å². The molecule has 110 valence electrons. The summed E-state index contributed by atoms with van der Waals surface area (Å²) in [4.78, 5) is 14.7. The summed E-state index contributed by atoms with van der Waals surface area (Å²) in [5.74, 6) is 1.86. The van der Waals surface area contributed by atoms with Crippen molar-refractivity contribution >= 4 is 5.91 Å². The van der Waals surface area contributed by atoms with Crippen molar-refractivity contribution in [3.05, 3.63) is 53.0 Å². The third-order valence-corrected chi connectivity index (χ3v) is 3.98. The number of carbonyl (C=O) groups is 1. The minimum Gasteiger partial charge on any atom is -0.497 e. The van der Waals surface area contributed by atoms with Crippen LogP contribution in [-0.2, 0) is 13.0 Å². The maximum absolute atomic E-state index is 12.8. The van der Waals surface area contributed by atoms with Gasteiger partial charge in [-0.3, -0.25) is 4.79 Å². The maximum Gasteiger partial charge on any atom is 0.254 e. The number of ether oxygens (including phenoxy) is 1. The molecule has 2 heterocycles. The quantitative estimate of drug-likeness (QED) is 0.851. The maximum atomic E-state index is 12.8. The Morgan fingerprint density at radius 1 is 1.33 bits per heavy atom. The molecule has 0 radical (unpaired) electrons. The Bertz CT molecular complexity index is 660. The fourth-order valence-corrected chi connectivity index (χ4v) is 2.79. The largest absolute Gasteiger partial charge is 0.497 e. The molecule has 0 aliphatic carbocycles. The first-order valence-electron chi connectivity index (χ1n) is 7.18. The third kappa shape index (κ3) is 2.66. The number of rotatable bonds is 2. The lowest BCUT2D eigenvalue weighted by Gasteiger charge is -2.21. The van der Waals surface area contributed by atoms with E-state index in [0.717, 1.165) is 47.6 Å². The highest BCUT2D eigenvalue weighted by Crippen LogP contribution is 2.23. The van der Waals surface area contributed by atoms with Crippen molar-refractivity contribution in [2.45, 2.75) is 26.3 Å². The van der Waals surface area contributed by atoms with E-state index in [4.69, 9.17) is 9.15 Å². The molecule has 1 aliphatic rings. The molecule has 2 aromatic rings. The normalized spacial score (nSPS) is 14.5. The predicted octanol–water partition coefficient (Wildman–Crippen LogP) is 3.19. The first-order valence-corrected chi connectivity index (χ1v) is 7.18. The summed E-state index contributed by atoms with van der Waals surface area (Å²) in [6, 6.07) is 7.54. The molecule has 3 rings (SSSR count). The van der Waals surface area contributed by atoms with Crippen LogP contribution in [0.1, 0.15) is 33.7 Å². The highest BCUT2D eigenvalue weighted by atomic mass is 16.5. The molecule has 0 atom stereocenters. The second-order valence-electron chi connectivity index (χ2n) is 5.38. The smallest absolute Gasteiger partial charge is 0.254 e. The Labute approximate surface area is 124 Å². The molecule has 0 spiro atoms. The SMILES string of the molecule is COc1ccc(C(=O)N2CCCc3occc3C2)c(C)c1. The topological polar surface area (TPSA) is 42.7 Å². The van der Waals surface area contributed by atoms with Crippen molar-refractivity contribution in [2.24, 2.45) is 0 Å². The zero-order valence-electron chi connectivity index (χ0n) is 12.4. The van der Waals surface area contributed by atoms with Gasteiger partial charge in [0.1, 0.15) is 11.5 Å². The van der Waals surface area contributed by atoms with E-state index < -0.39 is 0 Å². The van der Waals surface area contributed by atoms with Crippen LogP contribution in [0.3, 0.4) is 0 Å². The van der Waals surface area contributed by atoms with Crippen molar-refractivity contribution < 1.29 is 13.9 Å². The summed E-state index contributed by atoms with van der Waals surface area (Å²) in [6.45, 7) is 3.32. The van der Waals surface area contributed by atoms with E-state index in [1.807, 2.05) is 36.1 Å². The Morgan fingerprint density at radius 2 is 2.19 bits per heavy atom. The Balaban J connectivity index is 1.85. The zero-order chi connectivity index (χ0) is 14.8. The highest BCUT2D eigenvalue weighted by molar-refractivity contribution is 5.95. The van der Waals surface area contributed by atoms with Gasteiger partial charge in [0.2, 0.25) is 0 Å². The Morgan fingerprint density at radius 3 is 2.95 bits per heavy atom. The van der Waals surface area contributed by atoms with Crippen molar-refractivity contribution in [3.8, 4) is 5.75 Å². The van der Waals surface area contributed by atoms with Gasteiger partial charge in [-0.05, 0) is 43.2 Å². The van der Waals surface area contributed by atoms with Gasteiger partial charge >= 0.3 is 0 Å². The molecular formula is C17H19NO3. The molecule has 1 aliphatic heterocycles. The minimum atomic E-state index is 0.0733. The molecule has 1 aromatic heterocycles. The second-order valence-corrected chi connectivity index (χ2v) is 5.38. The molecule has 4 heteroatoms. The van der Waals surface area contributed by atoms with Gasteiger partial charge in [0.15, 0.2) is 0 Å². The van der Waals surface area contributed by atoms with Crippen molar-refractivity contribution in [2.75, 3.05) is 13.7 Å². The lowest BCUT2D eigenvalue weighted by atomic mass is 10.1. The van der Waals surface area contributed by atoms with E-state index in [2.05, 4.69) is 0 Å². The number of nitrogens with zero attached hydrogens (tertiary/aromatic N) is 1. The second kappa shape index (κ2) is 5.64. The van der Waals surface area contributed by atoms with Gasteiger partial charge in [-0.1, -0.05) is 0 Å². The zero-order valence-corrected chi connectivity index (χ0v) is 12.4. The number of furan rings is 1. The first kappa shape index (κ1) is 13.7. The van der Waals surface area contributed by atoms with Gasteiger partial charge in [-0.25, -0.2) is 0 Å². The molecular weight excluding hydrogens is 266 g/mol. The lowest BCUT2D eigenvalue weighted by Crippen LogP contribution is -2.31. The predicted molar refractivity (Wildman–Crippen MR) is 79.5 cm³/mol. The van der Waals surface area contributed by atoms with Crippen LogP contribution in [0.15, 0.2) is 34.9 Å². The van der Waals surface area contributed by atoms with Crippen LogP contribution in [-0.4, -0.2) is 24.5 Å². The molecule has 0 fully saturated rings. The Kier molecular flexibility index (Phi) is 3.69. The van der Waals surface area contributed by atoms with Crippen LogP contribution in [0.5, 0.6) is 5.75 Å². The summed E-state index contributed by atoms with van der Waals surface area (Å²) >= 11 is 0. The number of fused-ring (bicyclic) bond motifs is 1. The molecule has 1 amide bonds. The summed E-state index contributed by atoms with van der Waals surface area (Å²) in [6.07, 6.45) is 3.53.